The molecule has 0 spiro atoms. The van der Waals surface area contributed by atoms with E-state index in [9.17, 15) is 8.42 Å². The van der Waals surface area contributed by atoms with Crippen LogP contribution in [0.15, 0.2) is 33.6 Å². The molecule has 2 rings (SSSR count). The number of halogens is 1. The largest absolute Gasteiger partial charge is 0.383 e. The lowest BCUT2D eigenvalue weighted by Crippen LogP contribution is -2.12. The second-order valence-electron chi connectivity index (χ2n) is 4.75. The molecule has 1 atom stereocenters. The van der Waals surface area contributed by atoms with Crippen LogP contribution in [-0.2, 0) is 9.84 Å². The number of hydrogen-bond acceptors (Lipinski definition) is 4. The van der Waals surface area contributed by atoms with Crippen molar-refractivity contribution in [1.29, 1.82) is 0 Å². The van der Waals surface area contributed by atoms with Gasteiger partial charge < -0.3 is 5.73 Å². The summed E-state index contributed by atoms with van der Waals surface area (Å²) in [5.74, 6) is 0.558. The maximum atomic E-state index is 11.4. The predicted octanol–water partition coefficient (Wildman–Crippen LogP) is 2.55. The number of nitrogens with zero attached hydrogens (tertiary/aromatic N) is 2. The summed E-state index contributed by atoms with van der Waals surface area (Å²) in [6.07, 6.45) is 1.19. The van der Waals surface area contributed by atoms with E-state index >= 15 is 0 Å². The van der Waals surface area contributed by atoms with Crippen LogP contribution in [0.5, 0.6) is 0 Å². The smallest absolute Gasteiger partial charge is 0.175 e. The van der Waals surface area contributed by atoms with Crippen molar-refractivity contribution in [3.63, 3.8) is 0 Å². The molecule has 2 aromatic rings. The molecule has 1 heterocycles. The van der Waals surface area contributed by atoms with E-state index in [-0.39, 0.29) is 6.04 Å². The summed E-state index contributed by atoms with van der Waals surface area (Å²) >= 11 is 3.39. The molecule has 7 heteroatoms. The van der Waals surface area contributed by atoms with Crippen LogP contribution in [0.4, 0.5) is 5.82 Å². The number of nitrogens with two attached hydrogens (primary N) is 1. The summed E-state index contributed by atoms with van der Waals surface area (Å²) in [6.45, 7) is 3.83. The van der Waals surface area contributed by atoms with Crippen molar-refractivity contribution < 1.29 is 8.42 Å². The minimum atomic E-state index is -3.18. The summed E-state index contributed by atoms with van der Waals surface area (Å²) in [7, 11) is -3.18. The van der Waals surface area contributed by atoms with Crippen LogP contribution in [-0.4, -0.2) is 24.5 Å². The number of aromatic nitrogens is 2. The van der Waals surface area contributed by atoms with Gasteiger partial charge in [-0.2, -0.15) is 5.10 Å². The zero-order chi connectivity index (χ0) is 15.1. The van der Waals surface area contributed by atoms with E-state index in [2.05, 4.69) is 21.0 Å². The molecular formula is C13H16BrN3O2S. The molecule has 20 heavy (non-hydrogen) atoms. The van der Waals surface area contributed by atoms with Crippen LogP contribution >= 0.6 is 15.9 Å². The van der Waals surface area contributed by atoms with Crippen LogP contribution in [0.2, 0.25) is 0 Å². The van der Waals surface area contributed by atoms with Gasteiger partial charge in [-0.25, -0.2) is 13.1 Å². The highest BCUT2D eigenvalue weighted by Crippen LogP contribution is 2.28. The first-order valence-corrected chi connectivity index (χ1v) is 8.70. The highest BCUT2D eigenvalue weighted by Gasteiger charge is 2.17. The molecule has 1 unspecified atom stereocenters. The van der Waals surface area contributed by atoms with Gasteiger partial charge in [-0.15, -0.1) is 0 Å². The topological polar surface area (TPSA) is 78.0 Å². The van der Waals surface area contributed by atoms with Gasteiger partial charge in [-0.1, -0.05) is 12.1 Å². The van der Waals surface area contributed by atoms with Crippen molar-refractivity contribution in [2.75, 3.05) is 12.0 Å². The van der Waals surface area contributed by atoms with Crippen molar-refractivity contribution >= 4 is 31.6 Å². The Hall–Kier alpha value is -1.34. The Kier molecular flexibility index (Phi) is 3.93. The Bertz CT molecular complexity index is 736. The van der Waals surface area contributed by atoms with Gasteiger partial charge in [-0.3, -0.25) is 0 Å². The summed E-state index contributed by atoms with van der Waals surface area (Å²) in [4.78, 5) is 0.305. The normalized spacial score (nSPS) is 13.4. The van der Waals surface area contributed by atoms with Crippen molar-refractivity contribution in [2.45, 2.75) is 24.8 Å². The molecule has 5 nitrogen and oxygen atoms in total. The van der Waals surface area contributed by atoms with Gasteiger partial charge in [0, 0.05) is 6.26 Å². The molecule has 0 bridgehead atoms. The molecule has 0 radical (unpaired) electrons. The number of benzene rings is 1. The number of rotatable bonds is 3. The van der Waals surface area contributed by atoms with Gasteiger partial charge in [0.2, 0.25) is 0 Å². The Morgan fingerprint density at radius 1 is 1.30 bits per heavy atom. The highest BCUT2D eigenvalue weighted by atomic mass is 79.9. The first kappa shape index (κ1) is 15.1. The second kappa shape index (κ2) is 5.21. The van der Waals surface area contributed by atoms with E-state index in [1.807, 2.05) is 13.8 Å². The molecule has 0 saturated carbocycles. The minimum absolute atomic E-state index is 0.0754. The third-order valence-corrected chi connectivity index (χ3v) is 5.31. The lowest BCUT2D eigenvalue weighted by Gasteiger charge is -2.14. The Morgan fingerprint density at radius 3 is 2.25 bits per heavy atom. The van der Waals surface area contributed by atoms with Crippen LogP contribution < -0.4 is 5.73 Å². The number of nitrogen functional groups attached to an aromatic ring is 1. The molecular weight excluding hydrogens is 342 g/mol. The maximum Gasteiger partial charge on any atom is 0.175 e. The summed E-state index contributed by atoms with van der Waals surface area (Å²) in [5, 5.41) is 4.38. The third kappa shape index (κ3) is 2.73. The lowest BCUT2D eigenvalue weighted by atomic mass is 10.1. The molecule has 1 aromatic carbocycles. The van der Waals surface area contributed by atoms with E-state index in [1.54, 1.807) is 28.9 Å². The fourth-order valence-electron chi connectivity index (χ4n) is 1.98. The summed E-state index contributed by atoms with van der Waals surface area (Å²) in [5.41, 5.74) is 7.76. The fourth-order valence-corrected chi connectivity index (χ4v) is 2.87. The number of aryl methyl sites for hydroxylation is 1. The highest BCUT2D eigenvalue weighted by molar-refractivity contribution is 9.10. The fraction of sp³-hybridized carbons (Fsp3) is 0.308. The average Bonchev–Trinajstić information content (AvgIpc) is 2.65. The van der Waals surface area contributed by atoms with E-state index in [0.29, 0.717) is 10.7 Å². The van der Waals surface area contributed by atoms with Crippen LogP contribution in [0.1, 0.15) is 24.2 Å². The third-order valence-electron chi connectivity index (χ3n) is 3.20. The molecule has 0 aliphatic carbocycles. The molecule has 2 N–H and O–H groups in total. The second-order valence-corrected chi connectivity index (χ2v) is 7.56. The average molecular weight is 358 g/mol. The Balaban J connectivity index is 2.39. The van der Waals surface area contributed by atoms with Crippen LogP contribution in [0.3, 0.4) is 0 Å². The van der Waals surface area contributed by atoms with Gasteiger partial charge in [-0.05, 0) is 47.5 Å². The van der Waals surface area contributed by atoms with Crippen molar-refractivity contribution in [2.24, 2.45) is 0 Å². The number of sulfone groups is 1. The van der Waals surface area contributed by atoms with Gasteiger partial charge in [0.05, 0.1) is 21.1 Å². The lowest BCUT2D eigenvalue weighted by molar-refractivity contribution is 0.568. The van der Waals surface area contributed by atoms with E-state index < -0.39 is 9.84 Å². The predicted molar refractivity (Wildman–Crippen MR) is 82.4 cm³/mol. The standard InChI is InChI=1S/C13H16BrN3O2S/c1-8-12(14)13(15)17(16-8)9(2)10-4-6-11(7-5-10)20(3,18)19/h4-7,9H,15H2,1-3H3. The van der Waals surface area contributed by atoms with Gasteiger partial charge in [0.15, 0.2) is 9.84 Å². The van der Waals surface area contributed by atoms with Crippen molar-refractivity contribution in [3.8, 4) is 0 Å². The summed E-state index contributed by atoms with van der Waals surface area (Å²) < 4.78 is 25.4. The van der Waals surface area contributed by atoms with E-state index in [4.69, 9.17) is 5.73 Å². The quantitative estimate of drug-likeness (QED) is 0.915. The zero-order valence-electron chi connectivity index (χ0n) is 11.5. The Morgan fingerprint density at radius 2 is 1.85 bits per heavy atom. The molecule has 0 aliphatic heterocycles. The van der Waals surface area contributed by atoms with E-state index in [0.717, 1.165) is 15.7 Å². The van der Waals surface area contributed by atoms with E-state index in [1.165, 1.54) is 6.26 Å². The SMILES string of the molecule is Cc1nn(C(C)c2ccc(S(C)(=O)=O)cc2)c(N)c1Br. The molecule has 0 fully saturated rings. The minimum Gasteiger partial charge on any atom is -0.383 e. The maximum absolute atomic E-state index is 11.4. The number of anilines is 1. The monoisotopic (exact) mass is 357 g/mol. The Labute approximate surface area is 126 Å². The number of hydrogen-bond donors (Lipinski definition) is 1. The first-order valence-electron chi connectivity index (χ1n) is 6.02. The summed E-state index contributed by atoms with van der Waals surface area (Å²) in [6, 6.07) is 6.69. The van der Waals surface area contributed by atoms with Crippen LogP contribution in [0, 0.1) is 6.92 Å². The molecule has 108 valence electrons. The molecule has 0 amide bonds. The first-order chi connectivity index (χ1) is 9.21. The molecule has 0 saturated heterocycles. The molecule has 1 aromatic heterocycles. The van der Waals surface area contributed by atoms with Crippen LogP contribution in [0.25, 0.3) is 0 Å². The van der Waals surface area contributed by atoms with Gasteiger partial charge in [0.1, 0.15) is 5.82 Å². The van der Waals surface area contributed by atoms with Crippen molar-refractivity contribution in [1.82, 2.24) is 9.78 Å². The van der Waals surface area contributed by atoms with Gasteiger partial charge >= 0.3 is 0 Å². The zero-order valence-corrected chi connectivity index (χ0v) is 13.9. The van der Waals surface area contributed by atoms with Gasteiger partial charge in [0.25, 0.3) is 0 Å². The molecule has 0 aliphatic rings. The van der Waals surface area contributed by atoms with Crippen molar-refractivity contribution in [3.05, 3.63) is 40.0 Å².